The third kappa shape index (κ3) is 4.62. The predicted octanol–water partition coefficient (Wildman–Crippen LogP) is 3.33. The van der Waals surface area contributed by atoms with E-state index in [1.165, 1.54) is 0 Å². The Labute approximate surface area is 121 Å². The fourth-order valence-corrected chi connectivity index (χ4v) is 2.36. The quantitative estimate of drug-likeness (QED) is 0.687. The maximum absolute atomic E-state index is 6.09. The van der Waals surface area contributed by atoms with Crippen LogP contribution in [0.3, 0.4) is 0 Å². The van der Waals surface area contributed by atoms with Crippen molar-refractivity contribution in [3.05, 3.63) is 17.0 Å². The highest BCUT2D eigenvalue weighted by molar-refractivity contribution is 6.29. The Kier molecular flexibility index (Phi) is 7.10. The summed E-state index contributed by atoms with van der Waals surface area (Å²) in [5.74, 6) is 1.69. The van der Waals surface area contributed by atoms with E-state index in [1.807, 2.05) is 13.0 Å². The van der Waals surface area contributed by atoms with Crippen LogP contribution in [0.1, 0.15) is 39.4 Å². The first-order valence-corrected chi connectivity index (χ1v) is 7.33. The van der Waals surface area contributed by atoms with E-state index in [0.29, 0.717) is 17.8 Å². The first-order chi connectivity index (χ1) is 9.15. The summed E-state index contributed by atoms with van der Waals surface area (Å²) in [5, 5.41) is 0.509. The molecule has 108 valence electrons. The van der Waals surface area contributed by atoms with Gasteiger partial charge in [-0.1, -0.05) is 32.4 Å². The van der Waals surface area contributed by atoms with Crippen molar-refractivity contribution in [1.82, 2.24) is 9.97 Å². The standard InChI is InChI=1S/C14H24ClN3O/c1-5-11(6-2)18(8-9-19-4)14-10-12(15)16-13(7-3)17-14/h10-11H,5-9H2,1-4H3. The SMILES string of the molecule is CCc1nc(Cl)cc(N(CCOC)C(CC)CC)n1. The third-order valence-electron chi connectivity index (χ3n) is 3.26. The van der Waals surface area contributed by atoms with E-state index in [1.54, 1.807) is 7.11 Å². The molecule has 0 aromatic carbocycles. The number of nitrogens with zero attached hydrogens (tertiary/aromatic N) is 3. The van der Waals surface area contributed by atoms with Crippen LogP contribution in [-0.4, -0.2) is 36.3 Å². The van der Waals surface area contributed by atoms with Crippen LogP contribution in [0.5, 0.6) is 0 Å². The number of aromatic nitrogens is 2. The van der Waals surface area contributed by atoms with Gasteiger partial charge < -0.3 is 9.64 Å². The van der Waals surface area contributed by atoms with Crippen molar-refractivity contribution < 1.29 is 4.74 Å². The molecule has 0 saturated carbocycles. The number of anilines is 1. The molecule has 0 atom stereocenters. The molecular formula is C14H24ClN3O. The molecule has 1 rings (SSSR count). The maximum atomic E-state index is 6.09. The Morgan fingerprint density at radius 3 is 2.47 bits per heavy atom. The normalized spacial score (nSPS) is 11.1. The van der Waals surface area contributed by atoms with Crippen LogP contribution in [0.2, 0.25) is 5.15 Å². The van der Waals surface area contributed by atoms with Gasteiger partial charge >= 0.3 is 0 Å². The number of methoxy groups -OCH3 is 1. The second-order valence-electron chi connectivity index (χ2n) is 4.48. The van der Waals surface area contributed by atoms with Crippen molar-refractivity contribution in [3.63, 3.8) is 0 Å². The molecule has 1 aromatic rings. The molecule has 0 fully saturated rings. The lowest BCUT2D eigenvalue weighted by Crippen LogP contribution is -2.38. The molecular weight excluding hydrogens is 262 g/mol. The molecule has 0 bridgehead atoms. The number of halogens is 1. The number of aryl methyl sites for hydroxylation is 1. The smallest absolute Gasteiger partial charge is 0.134 e. The van der Waals surface area contributed by atoms with Crippen LogP contribution < -0.4 is 4.90 Å². The average Bonchev–Trinajstić information content (AvgIpc) is 2.42. The van der Waals surface area contributed by atoms with E-state index in [9.17, 15) is 0 Å². The van der Waals surface area contributed by atoms with Crippen molar-refractivity contribution in [1.29, 1.82) is 0 Å². The zero-order valence-electron chi connectivity index (χ0n) is 12.3. The zero-order valence-corrected chi connectivity index (χ0v) is 13.1. The lowest BCUT2D eigenvalue weighted by molar-refractivity contribution is 0.202. The molecule has 0 aliphatic heterocycles. The number of hydrogen-bond donors (Lipinski definition) is 0. The van der Waals surface area contributed by atoms with E-state index < -0.39 is 0 Å². The monoisotopic (exact) mass is 285 g/mol. The Morgan fingerprint density at radius 1 is 1.26 bits per heavy atom. The van der Waals surface area contributed by atoms with E-state index >= 15 is 0 Å². The van der Waals surface area contributed by atoms with Crippen molar-refractivity contribution in [2.45, 2.75) is 46.1 Å². The molecule has 1 heterocycles. The molecule has 0 N–H and O–H groups in total. The summed E-state index contributed by atoms with van der Waals surface area (Å²) in [7, 11) is 1.72. The summed E-state index contributed by atoms with van der Waals surface area (Å²) in [4.78, 5) is 11.1. The van der Waals surface area contributed by atoms with Gasteiger partial charge in [-0.25, -0.2) is 9.97 Å². The van der Waals surface area contributed by atoms with Crippen molar-refractivity contribution in [2.75, 3.05) is 25.2 Å². The molecule has 1 aromatic heterocycles. The minimum Gasteiger partial charge on any atom is -0.383 e. The van der Waals surface area contributed by atoms with Gasteiger partial charge in [0, 0.05) is 32.2 Å². The van der Waals surface area contributed by atoms with Gasteiger partial charge in [-0.2, -0.15) is 0 Å². The minimum absolute atomic E-state index is 0.450. The Hall–Kier alpha value is -0.870. The van der Waals surface area contributed by atoms with Gasteiger partial charge in [0.05, 0.1) is 6.61 Å². The van der Waals surface area contributed by atoms with Gasteiger partial charge in [0.2, 0.25) is 0 Å². The topological polar surface area (TPSA) is 38.2 Å². The first-order valence-electron chi connectivity index (χ1n) is 6.95. The number of rotatable bonds is 8. The summed E-state index contributed by atoms with van der Waals surface area (Å²) in [6.07, 6.45) is 2.93. The van der Waals surface area contributed by atoms with Crippen LogP contribution in [0.15, 0.2) is 6.07 Å². The molecule has 0 amide bonds. The van der Waals surface area contributed by atoms with Crippen LogP contribution in [0, 0.1) is 0 Å². The predicted molar refractivity (Wildman–Crippen MR) is 80.0 cm³/mol. The molecule has 0 saturated heterocycles. The molecule has 0 aliphatic carbocycles. The van der Waals surface area contributed by atoms with Crippen molar-refractivity contribution in [3.8, 4) is 0 Å². The molecule has 0 aliphatic rings. The molecule has 19 heavy (non-hydrogen) atoms. The molecule has 5 heteroatoms. The van der Waals surface area contributed by atoms with Gasteiger partial charge in [0.25, 0.3) is 0 Å². The summed E-state index contributed by atoms with van der Waals surface area (Å²) in [6, 6.07) is 2.29. The molecule has 0 spiro atoms. The van der Waals surface area contributed by atoms with E-state index in [4.69, 9.17) is 16.3 Å². The van der Waals surface area contributed by atoms with E-state index in [-0.39, 0.29) is 0 Å². The Balaban J connectivity index is 3.04. The van der Waals surface area contributed by atoms with Crippen LogP contribution in [0.25, 0.3) is 0 Å². The summed E-state index contributed by atoms with van der Waals surface area (Å²) >= 11 is 6.09. The van der Waals surface area contributed by atoms with Crippen LogP contribution >= 0.6 is 11.6 Å². The maximum Gasteiger partial charge on any atom is 0.134 e. The number of ether oxygens (including phenoxy) is 1. The van der Waals surface area contributed by atoms with Crippen molar-refractivity contribution in [2.24, 2.45) is 0 Å². The molecule has 0 unspecified atom stereocenters. The van der Waals surface area contributed by atoms with Gasteiger partial charge in [-0.15, -0.1) is 0 Å². The molecule has 4 nitrogen and oxygen atoms in total. The third-order valence-corrected chi connectivity index (χ3v) is 3.45. The number of hydrogen-bond acceptors (Lipinski definition) is 4. The fraction of sp³-hybridized carbons (Fsp3) is 0.714. The highest BCUT2D eigenvalue weighted by Gasteiger charge is 2.18. The zero-order chi connectivity index (χ0) is 14.3. The van der Waals surface area contributed by atoms with Crippen LogP contribution in [0.4, 0.5) is 5.82 Å². The second kappa shape index (κ2) is 8.33. The summed E-state index contributed by atoms with van der Waals surface area (Å²) in [5.41, 5.74) is 0. The largest absolute Gasteiger partial charge is 0.383 e. The summed E-state index contributed by atoms with van der Waals surface area (Å²) in [6.45, 7) is 7.92. The highest BCUT2D eigenvalue weighted by atomic mass is 35.5. The average molecular weight is 286 g/mol. The van der Waals surface area contributed by atoms with Gasteiger partial charge in [0.15, 0.2) is 0 Å². The highest BCUT2D eigenvalue weighted by Crippen LogP contribution is 2.21. The van der Waals surface area contributed by atoms with Crippen molar-refractivity contribution >= 4 is 17.4 Å². The van der Waals surface area contributed by atoms with Crippen LogP contribution in [-0.2, 0) is 11.2 Å². The molecule has 0 radical (unpaired) electrons. The fourth-order valence-electron chi connectivity index (χ4n) is 2.16. The second-order valence-corrected chi connectivity index (χ2v) is 4.86. The van der Waals surface area contributed by atoms with Gasteiger partial charge in [0.1, 0.15) is 16.8 Å². The minimum atomic E-state index is 0.450. The van der Waals surface area contributed by atoms with Gasteiger partial charge in [-0.05, 0) is 12.8 Å². The van der Waals surface area contributed by atoms with Gasteiger partial charge in [-0.3, -0.25) is 0 Å². The lowest BCUT2D eigenvalue weighted by Gasteiger charge is -2.31. The Morgan fingerprint density at radius 2 is 1.95 bits per heavy atom. The van der Waals surface area contributed by atoms with E-state index in [0.717, 1.165) is 37.4 Å². The van der Waals surface area contributed by atoms with E-state index in [2.05, 4.69) is 28.7 Å². The first kappa shape index (κ1) is 16.2. The lowest BCUT2D eigenvalue weighted by atomic mass is 10.1. The summed E-state index contributed by atoms with van der Waals surface area (Å²) < 4.78 is 5.20. The Bertz CT molecular complexity index is 383.